The third-order valence-electron chi connectivity index (χ3n) is 3.64. The molecule has 0 saturated heterocycles. The monoisotopic (exact) mass is 242 g/mol. The highest BCUT2D eigenvalue weighted by atomic mass is 15.3. The average Bonchev–Trinajstić information content (AvgIpc) is 3.08. The van der Waals surface area contributed by atoms with Crippen LogP contribution in [-0.4, -0.2) is 14.8 Å². The van der Waals surface area contributed by atoms with Crippen molar-refractivity contribution in [3.8, 4) is 11.3 Å². The van der Waals surface area contributed by atoms with Crippen molar-refractivity contribution < 1.29 is 0 Å². The summed E-state index contributed by atoms with van der Waals surface area (Å²) in [5.74, 6) is 0. The van der Waals surface area contributed by atoms with Gasteiger partial charge < -0.3 is 5.73 Å². The molecule has 4 heteroatoms. The van der Waals surface area contributed by atoms with Gasteiger partial charge >= 0.3 is 0 Å². The lowest BCUT2D eigenvalue weighted by Gasteiger charge is -2.14. The van der Waals surface area contributed by atoms with E-state index < -0.39 is 0 Å². The van der Waals surface area contributed by atoms with E-state index in [1.165, 1.54) is 36.9 Å². The van der Waals surface area contributed by atoms with Crippen LogP contribution in [0.4, 0.5) is 0 Å². The van der Waals surface area contributed by atoms with E-state index in [1.807, 2.05) is 24.5 Å². The molecule has 94 valence electrons. The molecule has 0 unspecified atom stereocenters. The quantitative estimate of drug-likeness (QED) is 0.899. The van der Waals surface area contributed by atoms with Gasteiger partial charge in [0.1, 0.15) is 0 Å². The van der Waals surface area contributed by atoms with Gasteiger partial charge in [-0.3, -0.25) is 9.67 Å². The third kappa shape index (κ3) is 2.04. The van der Waals surface area contributed by atoms with E-state index in [0.717, 1.165) is 5.69 Å². The molecule has 2 aromatic rings. The maximum absolute atomic E-state index is 5.72. The summed E-state index contributed by atoms with van der Waals surface area (Å²) in [7, 11) is 0. The van der Waals surface area contributed by atoms with Crippen molar-refractivity contribution in [3.63, 3.8) is 0 Å². The van der Waals surface area contributed by atoms with Gasteiger partial charge in [0.2, 0.25) is 0 Å². The maximum Gasteiger partial charge on any atom is 0.0767 e. The van der Waals surface area contributed by atoms with Crippen LogP contribution in [0.1, 0.15) is 37.4 Å². The summed E-state index contributed by atoms with van der Waals surface area (Å²) in [4.78, 5) is 4.07. The van der Waals surface area contributed by atoms with Gasteiger partial charge in [-0.2, -0.15) is 5.10 Å². The Kier molecular flexibility index (Phi) is 3.11. The normalized spacial score (nSPS) is 16.3. The molecular weight excluding hydrogens is 224 g/mol. The molecule has 2 N–H and O–H groups in total. The largest absolute Gasteiger partial charge is 0.325 e. The van der Waals surface area contributed by atoms with E-state index in [4.69, 9.17) is 5.73 Å². The first-order valence-corrected chi connectivity index (χ1v) is 6.57. The minimum absolute atomic E-state index is 0.498. The maximum atomic E-state index is 5.72. The highest BCUT2D eigenvalue weighted by Crippen LogP contribution is 2.33. The number of pyridine rings is 1. The van der Waals surface area contributed by atoms with Crippen molar-refractivity contribution in [2.75, 3.05) is 0 Å². The van der Waals surface area contributed by atoms with Gasteiger partial charge in [0.25, 0.3) is 0 Å². The zero-order valence-corrected chi connectivity index (χ0v) is 10.4. The average molecular weight is 242 g/mol. The highest BCUT2D eigenvalue weighted by molar-refractivity contribution is 5.59. The Hall–Kier alpha value is -1.68. The second-order valence-electron chi connectivity index (χ2n) is 4.84. The molecule has 1 saturated carbocycles. The zero-order valence-electron chi connectivity index (χ0n) is 10.4. The molecule has 0 atom stereocenters. The van der Waals surface area contributed by atoms with Crippen LogP contribution in [-0.2, 0) is 6.54 Å². The smallest absolute Gasteiger partial charge is 0.0767 e. The van der Waals surface area contributed by atoms with Crippen LogP contribution >= 0.6 is 0 Å². The van der Waals surface area contributed by atoms with Gasteiger partial charge in [0, 0.05) is 24.5 Å². The minimum Gasteiger partial charge on any atom is -0.325 e. The van der Waals surface area contributed by atoms with Crippen molar-refractivity contribution >= 4 is 0 Å². The molecule has 18 heavy (non-hydrogen) atoms. The molecule has 1 fully saturated rings. The van der Waals surface area contributed by atoms with Crippen LogP contribution in [0.25, 0.3) is 11.3 Å². The fraction of sp³-hybridized carbons (Fsp3) is 0.429. The highest BCUT2D eigenvalue weighted by Gasteiger charge is 2.21. The van der Waals surface area contributed by atoms with E-state index in [-0.39, 0.29) is 0 Å². The number of nitrogens with zero attached hydrogens (tertiary/aromatic N) is 3. The van der Waals surface area contributed by atoms with Gasteiger partial charge in [0.05, 0.1) is 17.4 Å². The number of aromatic nitrogens is 3. The van der Waals surface area contributed by atoms with E-state index in [9.17, 15) is 0 Å². The topological polar surface area (TPSA) is 56.7 Å². The molecule has 1 aliphatic rings. The number of hydrogen-bond acceptors (Lipinski definition) is 3. The summed E-state index contributed by atoms with van der Waals surface area (Å²) in [5.41, 5.74) is 9.03. The van der Waals surface area contributed by atoms with E-state index in [0.29, 0.717) is 12.6 Å². The number of hydrogen-bond donors (Lipinski definition) is 1. The van der Waals surface area contributed by atoms with Crippen LogP contribution in [0.3, 0.4) is 0 Å². The Morgan fingerprint density at radius 3 is 2.61 bits per heavy atom. The predicted molar refractivity (Wildman–Crippen MR) is 70.9 cm³/mol. The standard InChI is InChI=1S/C14H18N4/c15-10-12-9-14(11-5-7-16-8-6-11)18(17-12)13-3-1-2-4-13/h5-9,13H,1-4,10,15H2. The van der Waals surface area contributed by atoms with Crippen molar-refractivity contribution in [2.24, 2.45) is 5.73 Å². The second-order valence-corrected chi connectivity index (χ2v) is 4.84. The van der Waals surface area contributed by atoms with Crippen molar-refractivity contribution in [1.82, 2.24) is 14.8 Å². The summed E-state index contributed by atoms with van der Waals surface area (Å²) in [6.45, 7) is 0.498. The molecule has 4 nitrogen and oxygen atoms in total. The molecule has 0 amide bonds. The van der Waals surface area contributed by atoms with Gasteiger partial charge in [-0.1, -0.05) is 12.8 Å². The molecular formula is C14H18N4. The van der Waals surface area contributed by atoms with E-state index in [1.54, 1.807) is 0 Å². The van der Waals surface area contributed by atoms with Gasteiger partial charge in [-0.05, 0) is 31.0 Å². The number of nitrogens with two attached hydrogens (primary N) is 1. The molecule has 0 aliphatic heterocycles. The Balaban J connectivity index is 2.04. The Morgan fingerprint density at radius 1 is 1.22 bits per heavy atom. The van der Waals surface area contributed by atoms with E-state index >= 15 is 0 Å². The lowest BCUT2D eigenvalue weighted by atomic mass is 10.1. The first-order chi connectivity index (χ1) is 8.88. The molecule has 0 bridgehead atoms. The Bertz CT molecular complexity index is 512. The summed E-state index contributed by atoms with van der Waals surface area (Å²) < 4.78 is 2.17. The van der Waals surface area contributed by atoms with Crippen LogP contribution in [0.15, 0.2) is 30.6 Å². The predicted octanol–water partition coefficient (Wildman–Crippen LogP) is 2.52. The molecule has 0 aromatic carbocycles. The number of rotatable bonds is 3. The minimum atomic E-state index is 0.498. The summed E-state index contributed by atoms with van der Waals surface area (Å²) in [5, 5.41) is 4.66. The fourth-order valence-electron chi connectivity index (χ4n) is 2.71. The molecule has 0 radical (unpaired) electrons. The van der Waals surface area contributed by atoms with Crippen molar-refractivity contribution in [1.29, 1.82) is 0 Å². The van der Waals surface area contributed by atoms with E-state index in [2.05, 4.69) is 20.8 Å². The zero-order chi connectivity index (χ0) is 12.4. The van der Waals surface area contributed by atoms with Crippen LogP contribution in [0.5, 0.6) is 0 Å². The van der Waals surface area contributed by atoms with Gasteiger partial charge in [-0.25, -0.2) is 0 Å². The van der Waals surface area contributed by atoms with Gasteiger partial charge in [0.15, 0.2) is 0 Å². The Morgan fingerprint density at radius 2 is 1.94 bits per heavy atom. The first-order valence-electron chi connectivity index (χ1n) is 6.57. The SMILES string of the molecule is NCc1cc(-c2ccncc2)n(C2CCCC2)n1. The lowest BCUT2D eigenvalue weighted by Crippen LogP contribution is -2.09. The molecule has 2 heterocycles. The van der Waals surface area contributed by atoms with Crippen molar-refractivity contribution in [2.45, 2.75) is 38.3 Å². The molecule has 3 rings (SSSR count). The summed E-state index contributed by atoms with van der Waals surface area (Å²) >= 11 is 0. The second kappa shape index (κ2) is 4.90. The fourth-order valence-corrected chi connectivity index (χ4v) is 2.71. The molecule has 1 aliphatic carbocycles. The summed E-state index contributed by atoms with van der Waals surface area (Å²) in [6, 6.07) is 6.70. The molecule has 0 spiro atoms. The van der Waals surface area contributed by atoms with Crippen LogP contribution in [0, 0.1) is 0 Å². The Labute approximate surface area is 107 Å². The van der Waals surface area contributed by atoms with Gasteiger partial charge in [-0.15, -0.1) is 0 Å². The third-order valence-corrected chi connectivity index (χ3v) is 3.64. The van der Waals surface area contributed by atoms with Crippen LogP contribution in [0.2, 0.25) is 0 Å². The van der Waals surface area contributed by atoms with Crippen molar-refractivity contribution in [3.05, 3.63) is 36.3 Å². The van der Waals surface area contributed by atoms with Crippen LogP contribution < -0.4 is 5.73 Å². The molecule has 2 aromatic heterocycles. The summed E-state index contributed by atoms with van der Waals surface area (Å²) in [6.07, 6.45) is 8.71. The lowest BCUT2D eigenvalue weighted by molar-refractivity contribution is 0.468. The first kappa shape index (κ1) is 11.4.